The van der Waals surface area contributed by atoms with Crippen LogP contribution in [-0.4, -0.2) is 44.7 Å². The fourth-order valence-corrected chi connectivity index (χ4v) is 2.47. The van der Waals surface area contributed by atoms with Crippen LogP contribution in [0.1, 0.15) is 30.6 Å². The number of methoxy groups -OCH3 is 2. The number of nitrogens with one attached hydrogen (secondary N) is 1. The average Bonchev–Trinajstić information content (AvgIpc) is 2.58. The first-order valence-corrected chi connectivity index (χ1v) is 8.45. The first kappa shape index (κ1) is 21.0. The molecule has 0 aliphatic heterocycles. The molecule has 1 amide bonds. The number of halogens is 1. The predicted molar refractivity (Wildman–Crippen MR) is 94.4 cm³/mol. The summed E-state index contributed by atoms with van der Waals surface area (Å²) in [4.78, 5) is 35.8. The summed E-state index contributed by atoms with van der Waals surface area (Å²) in [6, 6.07) is 4.05. The van der Waals surface area contributed by atoms with Gasteiger partial charge in [0.15, 0.2) is 6.61 Å². The second kappa shape index (κ2) is 10.0. The number of hydrogen-bond acceptors (Lipinski definition) is 6. The third kappa shape index (κ3) is 6.74. The van der Waals surface area contributed by atoms with Gasteiger partial charge in [0, 0.05) is 4.47 Å². The number of ether oxygens (including phenoxy) is 3. The van der Waals surface area contributed by atoms with Gasteiger partial charge in [-0.05, 0) is 46.5 Å². The molecule has 0 spiro atoms. The summed E-state index contributed by atoms with van der Waals surface area (Å²) < 4.78 is 15.2. The number of carbonyl (C=O) groups is 3. The van der Waals surface area contributed by atoms with Crippen molar-refractivity contribution < 1.29 is 28.6 Å². The normalized spacial score (nSPS) is 11.6. The van der Waals surface area contributed by atoms with E-state index in [1.807, 2.05) is 13.8 Å². The van der Waals surface area contributed by atoms with Crippen LogP contribution in [0, 0.1) is 5.92 Å². The highest BCUT2D eigenvalue weighted by Crippen LogP contribution is 2.23. The largest absolute Gasteiger partial charge is 0.497 e. The van der Waals surface area contributed by atoms with Crippen LogP contribution in [0.2, 0.25) is 0 Å². The molecule has 0 saturated carbocycles. The monoisotopic (exact) mass is 415 g/mol. The Morgan fingerprint density at radius 3 is 2.44 bits per heavy atom. The lowest BCUT2D eigenvalue weighted by atomic mass is 10.0. The molecule has 0 unspecified atom stereocenters. The van der Waals surface area contributed by atoms with Crippen molar-refractivity contribution in [2.24, 2.45) is 5.92 Å². The van der Waals surface area contributed by atoms with E-state index in [4.69, 9.17) is 9.47 Å². The number of amides is 1. The maximum absolute atomic E-state index is 12.1. The third-order valence-electron chi connectivity index (χ3n) is 3.26. The topological polar surface area (TPSA) is 90.9 Å². The molecule has 138 valence electrons. The van der Waals surface area contributed by atoms with Crippen molar-refractivity contribution in [3.8, 4) is 5.75 Å². The van der Waals surface area contributed by atoms with Gasteiger partial charge in [-0.2, -0.15) is 0 Å². The van der Waals surface area contributed by atoms with Gasteiger partial charge in [0.25, 0.3) is 5.91 Å². The molecule has 0 heterocycles. The molecular weight excluding hydrogens is 394 g/mol. The quantitative estimate of drug-likeness (QED) is 0.655. The molecule has 0 aliphatic rings. The van der Waals surface area contributed by atoms with E-state index in [-0.39, 0.29) is 11.5 Å². The maximum atomic E-state index is 12.1. The van der Waals surface area contributed by atoms with Gasteiger partial charge in [-0.1, -0.05) is 13.8 Å². The van der Waals surface area contributed by atoms with Gasteiger partial charge in [-0.25, -0.2) is 9.59 Å². The Morgan fingerprint density at radius 1 is 1.20 bits per heavy atom. The van der Waals surface area contributed by atoms with Crippen molar-refractivity contribution >= 4 is 33.8 Å². The van der Waals surface area contributed by atoms with E-state index < -0.39 is 30.5 Å². The van der Waals surface area contributed by atoms with Gasteiger partial charge in [0.1, 0.15) is 11.8 Å². The van der Waals surface area contributed by atoms with Crippen LogP contribution in [0.15, 0.2) is 22.7 Å². The lowest BCUT2D eigenvalue weighted by molar-refractivity contribution is -0.145. The highest BCUT2D eigenvalue weighted by atomic mass is 79.9. The van der Waals surface area contributed by atoms with E-state index in [1.54, 1.807) is 12.1 Å². The van der Waals surface area contributed by atoms with Crippen molar-refractivity contribution in [1.82, 2.24) is 5.32 Å². The van der Waals surface area contributed by atoms with Crippen molar-refractivity contribution in [2.75, 3.05) is 20.8 Å². The number of esters is 2. The minimum Gasteiger partial charge on any atom is -0.497 e. The molecule has 0 aliphatic carbocycles. The van der Waals surface area contributed by atoms with E-state index in [2.05, 4.69) is 26.0 Å². The second-order valence-electron chi connectivity index (χ2n) is 5.69. The van der Waals surface area contributed by atoms with Crippen molar-refractivity contribution in [3.05, 3.63) is 28.2 Å². The van der Waals surface area contributed by atoms with Crippen LogP contribution in [0.5, 0.6) is 5.75 Å². The zero-order valence-corrected chi connectivity index (χ0v) is 16.2. The first-order valence-electron chi connectivity index (χ1n) is 7.66. The molecule has 8 heteroatoms. The Bertz CT molecular complexity index is 632. The minimum atomic E-state index is -0.778. The molecule has 0 aromatic heterocycles. The zero-order chi connectivity index (χ0) is 19.0. The number of carbonyl (C=O) groups excluding carboxylic acids is 3. The van der Waals surface area contributed by atoms with Gasteiger partial charge in [-0.15, -0.1) is 0 Å². The van der Waals surface area contributed by atoms with E-state index in [9.17, 15) is 14.4 Å². The Balaban J connectivity index is 2.65. The van der Waals surface area contributed by atoms with Gasteiger partial charge in [0.2, 0.25) is 0 Å². The smallest absolute Gasteiger partial charge is 0.339 e. The fraction of sp³-hybridized carbons (Fsp3) is 0.471. The molecule has 0 radical (unpaired) electrons. The van der Waals surface area contributed by atoms with E-state index in [0.717, 1.165) is 0 Å². The van der Waals surface area contributed by atoms with Crippen LogP contribution in [-0.2, 0) is 19.1 Å². The van der Waals surface area contributed by atoms with Crippen LogP contribution in [0.3, 0.4) is 0 Å². The average molecular weight is 416 g/mol. The number of rotatable bonds is 8. The SMILES string of the molecule is COC(=O)[C@@H](CC(C)C)NC(=O)COC(=O)c1cc(OC)ccc1Br. The lowest BCUT2D eigenvalue weighted by Crippen LogP contribution is -2.44. The molecule has 0 fully saturated rings. The summed E-state index contributed by atoms with van der Waals surface area (Å²) in [5.74, 6) is -1.13. The van der Waals surface area contributed by atoms with Gasteiger partial charge in [0.05, 0.1) is 19.8 Å². The minimum absolute atomic E-state index is 0.180. The van der Waals surface area contributed by atoms with Crippen molar-refractivity contribution in [2.45, 2.75) is 26.3 Å². The maximum Gasteiger partial charge on any atom is 0.339 e. The first-order chi connectivity index (χ1) is 11.8. The molecule has 25 heavy (non-hydrogen) atoms. The van der Waals surface area contributed by atoms with Gasteiger partial charge < -0.3 is 19.5 Å². The van der Waals surface area contributed by atoms with Crippen LogP contribution in [0.4, 0.5) is 0 Å². The Hall–Kier alpha value is -2.09. The Morgan fingerprint density at radius 2 is 1.88 bits per heavy atom. The van der Waals surface area contributed by atoms with Gasteiger partial charge in [-0.3, -0.25) is 4.79 Å². The molecule has 0 bridgehead atoms. The third-order valence-corrected chi connectivity index (χ3v) is 3.95. The molecule has 1 rings (SSSR count). The zero-order valence-electron chi connectivity index (χ0n) is 14.6. The fourth-order valence-electron chi connectivity index (χ4n) is 2.06. The summed E-state index contributed by atoms with van der Waals surface area (Å²) in [6.07, 6.45) is 0.424. The summed E-state index contributed by atoms with van der Waals surface area (Å²) in [6.45, 7) is 3.33. The number of benzene rings is 1. The van der Waals surface area contributed by atoms with Crippen molar-refractivity contribution in [1.29, 1.82) is 0 Å². The molecule has 1 atom stereocenters. The molecule has 7 nitrogen and oxygen atoms in total. The second-order valence-corrected chi connectivity index (χ2v) is 6.55. The Labute approximate surface area is 155 Å². The predicted octanol–water partition coefficient (Wildman–Crippen LogP) is 2.32. The highest BCUT2D eigenvalue weighted by Gasteiger charge is 2.23. The molecular formula is C17H22BrNO6. The van der Waals surface area contributed by atoms with Crippen LogP contribution >= 0.6 is 15.9 Å². The van der Waals surface area contributed by atoms with E-state index in [1.165, 1.54) is 20.3 Å². The van der Waals surface area contributed by atoms with E-state index in [0.29, 0.717) is 16.6 Å². The molecule has 0 saturated heterocycles. The van der Waals surface area contributed by atoms with Crippen LogP contribution in [0.25, 0.3) is 0 Å². The van der Waals surface area contributed by atoms with E-state index >= 15 is 0 Å². The number of hydrogen-bond donors (Lipinski definition) is 1. The summed E-state index contributed by atoms with van der Waals surface area (Å²) in [5.41, 5.74) is 0.235. The molecule has 1 N–H and O–H groups in total. The molecule has 1 aromatic rings. The Kier molecular flexibility index (Phi) is 8.40. The molecule has 1 aromatic carbocycles. The lowest BCUT2D eigenvalue weighted by Gasteiger charge is -2.18. The van der Waals surface area contributed by atoms with Crippen LogP contribution < -0.4 is 10.1 Å². The van der Waals surface area contributed by atoms with Crippen molar-refractivity contribution in [3.63, 3.8) is 0 Å². The van der Waals surface area contributed by atoms with Gasteiger partial charge >= 0.3 is 11.9 Å². The summed E-state index contributed by atoms with van der Waals surface area (Å²) in [7, 11) is 2.73. The summed E-state index contributed by atoms with van der Waals surface area (Å²) >= 11 is 3.24. The summed E-state index contributed by atoms with van der Waals surface area (Å²) in [5, 5.41) is 2.52. The standard InChI is InChI=1S/C17H22BrNO6/c1-10(2)7-14(17(22)24-4)19-15(20)9-25-16(21)12-8-11(23-3)5-6-13(12)18/h5-6,8,10,14H,7,9H2,1-4H3,(H,19,20)/t14-/m1/s1. The highest BCUT2D eigenvalue weighted by molar-refractivity contribution is 9.10.